The van der Waals surface area contributed by atoms with Crippen LogP contribution in [-0.2, 0) is 0 Å². The molecule has 1 unspecified atom stereocenters. The van der Waals surface area contributed by atoms with E-state index in [-0.39, 0.29) is 6.04 Å². The van der Waals surface area contributed by atoms with Crippen molar-refractivity contribution in [1.82, 2.24) is 5.01 Å². The van der Waals surface area contributed by atoms with Crippen molar-refractivity contribution in [2.24, 2.45) is 11.6 Å². The summed E-state index contributed by atoms with van der Waals surface area (Å²) < 4.78 is 1.01. The van der Waals surface area contributed by atoms with Crippen LogP contribution in [0.5, 0.6) is 0 Å². The van der Waals surface area contributed by atoms with Gasteiger partial charge in [0.1, 0.15) is 0 Å². The van der Waals surface area contributed by atoms with Gasteiger partial charge in [0.15, 0.2) is 0 Å². The van der Waals surface area contributed by atoms with Crippen molar-refractivity contribution in [1.29, 1.82) is 0 Å². The van der Waals surface area contributed by atoms with Crippen molar-refractivity contribution >= 4 is 44.6 Å². The van der Waals surface area contributed by atoms with Crippen LogP contribution in [0.15, 0.2) is 52.6 Å². The molecule has 1 aliphatic rings. The molecule has 0 radical (unpaired) electrons. The second kappa shape index (κ2) is 6.67. The lowest BCUT2D eigenvalue weighted by Gasteiger charge is -2.29. The summed E-state index contributed by atoms with van der Waals surface area (Å²) >= 11 is 9.62. The molecule has 4 N–H and O–H groups in total. The average Bonchev–Trinajstić information content (AvgIpc) is 2.64. The van der Waals surface area contributed by atoms with Crippen molar-refractivity contribution in [3.63, 3.8) is 0 Å². The second-order valence-corrected chi connectivity index (χ2v) is 7.39. The monoisotopic (exact) mass is 406 g/mol. The standard InChI is InChI=1S/C18H20BrClN4/c1-11-10-23(15-6-4-14(20)5-7-15)17-9-13(19)3-8-16(17)18(12(2)21)24(11)22/h3-9,11H,10,21-22H2,1-2H3/b18-12-. The summed E-state index contributed by atoms with van der Waals surface area (Å²) in [7, 11) is 0. The molecule has 0 saturated heterocycles. The molecular weight excluding hydrogens is 388 g/mol. The second-order valence-electron chi connectivity index (χ2n) is 6.04. The Morgan fingerprint density at radius 1 is 1.21 bits per heavy atom. The first-order valence-electron chi connectivity index (χ1n) is 7.72. The fraction of sp³-hybridized carbons (Fsp3) is 0.222. The van der Waals surface area contributed by atoms with E-state index in [0.29, 0.717) is 5.70 Å². The largest absolute Gasteiger partial charge is 0.401 e. The summed E-state index contributed by atoms with van der Waals surface area (Å²) in [6, 6.07) is 14.1. The van der Waals surface area contributed by atoms with Gasteiger partial charge in [-0.15, -0.1) is 0 Å². The smallest absolute Gasteiger partial charge is 0.0798 e. The Balaban J connectivity index is 2.24. The number of halogens is 2. The topological polar surface area (TPSA) is 58.5 Å². The fourth-order valence-electron chi connectivity index (χ4n) is 3.02. The number of allylic oxidation sites excluding steroid dienone is 1. The predicted molar refractivity (Wildman–Crippen MR) is 105 cm³/mol. The van der Waals surface area contributed by atoms with Gasteiger partial charge in [-0.05, 0) is 56.3 Å². The Kier molecular flexibility index (Phi) is 4.76. The van der Waals surface area contributed by atoms with Crippen molar-refractivity contribution < 1.29 is 0 Å². The van der Waals surface area contributed by atoms with Gasteiger partial charge >= 0.3 is 0 Å². The molecule has 0 spiro atoms. The number of fused-ring (bicyclic) bond motifs is 1. The first-order chi connectivity index (χ1) is 11.4. The SMILES string of the molecule is C/C(N)=C1\c2ccc(Br)cc2N(c2ccc(Cl)cc2)CC(C)N1N. The molecule has 2 aromatic carbocycles. The van der Waals surface area contributed by atoms with Crippen LogP contribution in [0.25, 0.3) is 5.70 Å². The van der Waals surface area contributed by atoms with E-state index < -0.39 is 0 Å². The third-order valence-corrected chi connectivity index (χ3v) is 4.94. The Morgan fingerprint density at radius 2 is 1.88 bits per heavy atom. The molecule has 0 amide bonds. The highest BCUT2D eigenvalue weighted by molar-refractivity contribution is 9.10. The van der Waals surface area contributed by atoms with Crippen molar-refractivity contribution in [3.8, 4) is 0 Å². The minimum Gasteiger partial charge on any atom is -0.401 e. The molecule has 0 bridgehead atoms. The van der Waals surface area contributed by atoms with E-state index in [4.69, 9.17) is 23.2 Å². The Labute approximate surface area is 155 Å². The molecule has 1 aliphatic heterocycles. The van der Waals surface area contributed by atoms with Crippen LogP contribution in [0.1, 0.15) is 19.4 Å². The Hall–Kier alpha value is -1.69. The van der Waals surface area contributed by atoms with Crippen LogP contribution in [0, 0.1) is 0 Å². The predicted octanol–water partition coefficient (Wildman–Crippen LogP) is 4.47. The third-order valence-electron chi connectivity index (χ3n) is 4.20. The maximum absolute atomic E-state index is 6.38. The van der Waals surface area contributed by atoms with Gasteiger partial charge in [0, 0.05) is 33.0 Å². The van der Waals surface area contributed by atoms with E-state index in [0.717, 1.165) is 38.7 Å². The summed E-state index contributed by atoms with van der Waals surface area (Å²) in [5.74, 6) is 6.38. The molecular formula is C18H20BrClN4. The fourth-order valence-corrected chi connectivity index (χ4v) is 3.49. The summed E-state index contributed by atoms with van der Waals surface area (Å²) in [6.45, 7) is 4.71. The Bertz CT molecular complexity index is 784. The highest BCUT2D eigenvalue weighted by Gasteiger charge is 2.28. The summed E-state index contributed by atoms with van der Waals surface area (Å²) in [5.41, 5.74) is 10.9. The van der Waals surface area contributed by atoms with Crippen LogP contribution in [0.2, 0.25) is 5.02 Å². The molecule has 0 saturated carbocycles. The number of nitrogens with zero attached hydrogens (tertiary/aromatic N) is 2. The van der Waals surface area contributed by atoms with Crippen LogP contribution in [-0.4, -0.2) is 17.6 Å². The van der Waals surface area contributed by atoms with Gasteiger partial charge in [0.2, 0.25) is 0 Å². The summed E-state index contributed by atoms with van der Waals surface area (Å²) in [6.07, 6.45) is 0. The zero-order chi connectivity index (χ0) is 17.4. The van der Waals surface area contributed by atoms with E-state index in [2.05, 4.69) is 33.8 Å². The van der Waals surface area contributed by atoms with Crippen LogP contribution in [0.4, 0.5) is 11.4 Å². The molecule has 4 nitrogen and oxygen atoms in total. The van der Waals surface area contributed by atoms with E-state index in [1.165, 1.54) is 0 Å². The lowest BCUT2D eigenvalue weighted by atomic mass is 10.1. The van der Waals surface area contributed by atoms with Crippen LogP contribution < -0.4 is 16.5 Å². The molecule has 0 aliphatic carbocycles. The van der Waals surface area contributed by atoms with Crippen molar-refractivity contribution in [2.75, 3.05) is 11.4 Å². The first-order valence-corrected chi connectivity index (χ1v) is 8.89. The van der Waals surface area contributed by atoms with Gasteiger partial charge < -0.3 is 15.6 Å². The summed E-state index contributed by atoms with van der Waals surface area (Å²) in [4.78, 5) is 2.25. The van der Waals surface area contributed by atoms with Crippen molar-refractivity contribution in [2.45, 2.75) is 19.9 Å². The maximum atomic E-state index is 6.38. The van der Waals surface area contributed by atoms with E-state index in [9.17, 15) is 0 Å². The van der Waals surface area contributed by atoms with Gasteiger partial charge in [-0.2, -0.15) is 0 Å². The molecule has 24 heavy (non-hydrogen) atoms. The summed E-state index contributed by atoms with van der Waals surface area (Å²) in [5, 5.41) is 2.48. The number of benzene rings is 2. The quantitative estimate of drug-likeness (QED) is 0.685. The molecule has 2 aromatic rings. The highest BCUT2D eigenvalue weighted by atomic mass is 79.9. The van der Waals surface area contributed by atoms with Crippen LogP contribution >= 0.6 is 27.5 Å². The van der Waals surface area contributed by atoms with Gasteiger partial charge in [-0.1, -0.05) is 27.5 Å². The number of hydrazine groups is 1. The lowest BCUT2D eigenvalue weighted by molar-refractivity contribution is 0.330. The van der Waals surface area contributed by atoms with Crippen LogP contribution in [0.3, 0.4) is 0 Å². The number of hydrogen-bond acceptors (Lipinski definition) is 4. The van der Waals surface area contributed by atoms with Gasteiger partial charge in [0.05, 0.1) is 17.4 Å². The van der Waals surface area contributed by atoms with Gasteiger partial charge in [-0.3, -0.25) is 0 Å². The third kappa shape index (κ3) is 3.11. The maximum Gasteiger partial charge on any atom is 0.0798 e. The van der Waals surface area contributed by atoms with E-state index in [1.807, 2.05) is 43.3 Å². The zero-order valence-electron chi connectivity index (χ0n) is 13.6. The number of rotatable bonds is 1. The Morgan fingerprint density at radius 3 is 2.50 bits per heavy atom. The minimum absolute atomic E-state index is 0.0837. The molecule has 126 valence electrons. The molecule has 3 rings (SSSR count). The number of hydrogen-bond donors (Lipinski definition) is 2. The van der Waals surface area contributed by atoms with Gasteiger partial charge in [0.25, 0.3) is 0 Å². The van der Waals surface area contributed by atoms with E-state index in [1.54, 1.807) is 5.01 Å². The number of anilines is 2. The van der Waals surface area contributed by atoms with Crippen molar-refractivity contribution in [3.05, 3.63) is 63.2 Å². The van der Waals surface area contributed by atoms with E-state index >= 15 is 0 Å². The number of nitrogens with two attached hydrogens (primary N) is 2. The average molecular weight is 408 g/mol. The molecule has 0 aromatic heterocycles. The molecule has 1 heterocycles. The highest BCUT2D eigenvalue weighted by Crippen LogP contribution is 2.39. The molecule has 6 heteroatoms. The molecule has 0 fully saturated rings. The minimum atomic E-state index is 0.0837. The lowest BCUT2D eigenvalue weighted by Crippen LogP contribution is -2.42. The first kappa shape index (κ1) is 17.1. The zero-order valence-corrected chi connectivity index (χ0v) is 16.0. The normalized spacial score (nSPS) is 19.8. The molecule has 1 atom stereocenters. The van der Waals surface area contributed by atoms with Gasteiger partial charge in [-0.25, -0.2) is 5.84 Å².